The summed E-state index contributed by atoms with van der Waals surface area (Å²) in [6.45, 7) is 2.19. The molecule has 0 aliphatic carbocycles. The summed E-state index contributed by atoms with van der Waals surface area (Å²) in [6, 6.07) is 6.04. The Balaban J connectivity index is 2.69. The Morgan fingerprint density at radius 3 is 2.75 bits per heavy atom. The number of thiol groups is 1. The van der Waals surface area contributed by atoms with Crippen LogP contribution < -0.4 is 0 Å². The molecule has 0 heterocycles. The zero-order valence-corrected chi connectivity index (χ0v) is 8.83. The van der Waals surface area contributed by atoms with E-state index in [2.05, 4.69) is 25.6 Å². The van der Waals surface area contributed by atoms with Gasteiger partial charge in [-0.25, -0.2) is 0 Å². The molecule has 0 aliphatic rings. The zero-order chi connectivity index (χ0) is 8.97. The first-order valence-corrected chi connectivity index (χ1v) is 5.04. The molecule has 0 bridgehead atoms. The minimum absolute atomic E-state index is 0.756. The number of aryl methyl sites for hydroxylation is 1. The second kappa shape index (κ2) is 4.78. The van der Waals surface area contributed by atoms with Crippen molar-refractivity contribution in [3.63, 3.8) is 0 Å². The first-order chi connectivity index (χ1) is 5.74. The van der Waals surface area contributed by atoms with Crippen LogP contribution in [0.25, 0.3) is 0 Å². The standard InChI is InChI=1S/C10H13ClS/c1-2-3-4-8-5-6-10(12)9(11)7-8/h5-7,12H,2-4H2,1H3. The molecule has 0 unspecified atom stereocenters. The van der Waals surface area contributed by atoms with Gasteiger partial charge in [-0.05, 0) is 30.5 Å². The molecule has 66 valence electrons. The summed E-state index contributed by atoms with van der Waals surface area (Å²) in [5, 5.41) is 0.756. The molecule has 0 aliphatic heterocycles. The van der Waals surface area contributed by atoms with E-state index in [1.165, 1.54) is 18.4 Å². The summed E-state index contributed by atoms with van der Waals surface area (Å²) in [6.07, 6.45) is 3.56. The van der Waals surface area contributed by atoms with Crippen molar-refractivity contribution < 1.29 is 0 Å². The molecule has 0 aromatic heterocycles. The molecular formula is C10H13ClS. The highest BCUT2D eigenvalue weighted by molar-refractivity contribution is 7.80. The van der Waals surface area contributed by atoms with Gasteiger partial charge in [-0.15, -0.1) is 12.6 Å². The van der Waals surface area contributed by atoms with Gasteiger partial charge in [0.25, 0.3) is 0 Å². The molecule has 1 aromatic rings. The second-order valence-electron chi connectivity index (χ2n) is 2.89. The quantitative estimate of drug-likeness (QED) is 0.702. The van der Waals surface area contributed by atoms with E-state index in [1.54, 1.807) is 0 Å². The van der Waals surface area contributed by atoms with E-state index in [-0.39, 0.29) is 0 Å². The third kappa shape index (κ3) is 2.72. The van der Waals surface area contributed by atoms with Crippen molar-refractivity contribution in [3.8, 4) is 0 Å². The van der Waals surface area contributed by atoms with Crippen molar-refractivity contribution >= 4 is 24.2 Å². The van der Waals surface area contributed by atoms with E-state index in [1.807, 2.05) is 12.1 Å². The highest BCUT2D eigenvalue weighted by Gasteiger charge is 1.97. The topological polar surface area (TPSA) is 0 Å². The molecule has 1 aromatic carbocycles. The first kappa shape index (κ1) is 9.94. The zero-order valence-electron chi connectivity index (χ0n) is 7.18. The smallest absolute Gasteiger partial charge is 0.0541 e. The minimum Gasteiger partial charge on any atom is -0.142 e. The molecule has 0 saturated carbocycles. The summed E-state index contributed by atoms with van der Waals surface area (Å²) in [4.78, 5) is 0.858. The monoisotopic (exact) mass is 200 g/mol. The van der Waals surface area contributed by atoms with Gasteiger partial charge in [0.15, 0.2) is 0 Å². The minimum atomic E-state index is 0.756. The van der Waals surface area contributed by atoms with Gasteiger partial charge in [-0.3, -0.25) is 0 Å². The van der Waals surface area contributed by atoms with Crippen molar-refractivity contribution in [2.24, 2.45) is 0 Å². The maximum atomic E-state index is 5.92. The van der Waals surface area contributed by atoms with Crippen LogP contribution in [0, 0.1) is 0 Å². The highest BCUT2D eigenvalue weighted by atomic mass is 35.5. The van der Waals surface area contributed by atoms with Crippen molar-refractivity contribution in [3.05, 3.63) is 28.8 Å². The number of halogens is 1. The summed E-state index contributed by atoms with van der Waals surface area (Å²) in [5.41, 5.74) is 1.31. The van der Waals surface area contributed by atoms with Crippen LogP contribution in [0.4, 0.5) is 0 Å². The van der Waals surface area contributed by atoms with Crippen LogP contribution in [0.3, 0.4) is 0 Å². The van der Waals surface area contributed by atoms with E-state index in [4.69, 9.17) is 11.6 Å². The van der Waals surface area contributed by atoms with Gasteiger partial charge in [-0.1, -0.05) is 31.0 Å². The van der Waals surface area contributed by atoms with Crippen molar-refractivity contribution in [1.82, 2.24) is 0 Å². The molecule has 0 nitrogen and oxygen atoms in total. The molecule has 0 radical (unpaired) electrons. The molecule has 0 spiro atoms. The summed E-state index contributed by atoms with van der Waals surface area (Å²) in [7, 11) is 0. The highest BCUT2D eigenvalue weighted by Crippen LogP contribution is 2.21. The SMILES string of the molecule is CCCCc1ccc(S)c(Cl)c1. The predicted octanol–water partition coefficient (Wildman–Crippen LogP) is 3.97. The van der Waals surface area contributed by atoms with Crippen LogP contribution in [0.1, 0.15) is 25.3 Å². The van der Waals surface area contributed by atoms with Crippen LogP contribution >= 0.6 is 24.2 Å². The normalized spacial score (nSPS) is 10.2. The van der Waals surface area contributed by atoms with Gasteiger partial charge < -0.3 is 0 Å². The van der Waals surface area contributed by atoms with E-state index in [0.29, 0.717) is 0 Å². The summed E-state index contributed by atoms with van der Waals surface area (Å²) < 4.78 is 0. The molecule has 2 heteroatoms. The number of benzene rings is 1. The number of hydrogen-bond acceptors (Lipinski definition) is 1. The van der Waals surface area contributed by atoms with Gasteiger partial charge in [0, 0.05) is 4.90 Å². The average molecular weight is 201 g/mol. The maximum Gasteiger partial charge on any atom is 0.0541 e. The van der Waals surface area contributed by atoms with E-state index in [9.17, 15) is 0 Å². The van der Waals surface area contributed by atoms with Crippen LogP contribution in [0.2, 0.25) is 5.02 Å². The summed E-state index contributed by atoms with van der Waals surface area (Å²) in [5.74, 6) is 0. The van der Waals surface area contributed by atoms with Crippen molar-refractivity contribution in [2.45, 2.75) is 31.1 Å². The fourth-order valence-corrected chi connectivity index (χ4v) is 1.43. The van der Waals surface area contributed by atoms with Crippen molar-refractivity contribution in [1.29, 1.82) is 0 Å². The second-order valence-corrected chi connectivity index (χ2v) is 3.78. The lowest BCUT2D eigenvalue weighted by molar-refractivity contribution is 0.794. The molecular weight excluding hydrogens is 188 g/mol. The predicted molar refractivity (Wildman–Crippen MR) is 57.3 cm³/mol. The maximum absolute atomic E-state index is 5.92. The molecule has 0 amide bonds. The van der Waals surface area contributed by atoms with E-state index >= 15 is 0 Å². The van der Waals surface area contributed by atoms with Gasteiger partial charge in [0.05, 0.1) is 5.02 Å². The molecule has 0 fully saturated rings. The van der Waals surface area contributed by atoms with Crippen LogP contribution in [0.15, 0.2) is 23.1 Å². The van der Waals surface area contributed by atoms with Gasteiger partial charge in [0.1, 0.15) is 0 Å². The van der Waals surface area contributed by atoms with Gasteiger partial charge >= 0.3 is 0 Å². The van der Waals surface area contributed by atoms with Crippen molar-refractivity contribution in [2.75, 3.05) is 0 Å². The van der Waals surface area contributed by atoms with Crippen LogP contribution in [-0.4, -0.2) is 0 Å². The fraction of sp³-hybridized carbons (Fsp3) is 0.400. The average Bonchev–Trinajstić information content (AvgIpc) is 2.07. The number of rotatable bonds is 3. The fourth-order valence-electron chi connectivity index (χ4n) is 1.09. The molecule has 0 atom stereocenters. The molecule has 12 heavy (non-hydrogen) atoms. The molecule has 0 N–H and O–H groups in total. The Bertz CT molecular complexity index is 258. The Morgan fingerprint density at radius 1 is 1.42 bits per heavy atom. The van der Waals surface area contributed by atoms with E-state index in [0.717, 1.165) is 16.3 Å². The Morgan fingerprint density at radius 2 is 2.17 bits per heavy atom. The Kier molecular flexibility index (Phi) is 3.96. The number of unbranched alkanes of at least 4 members (excludes halogenated alkanes) is 1. The Labute approximate surface area is 84.3 Å². The Hall–Kier alpha value is -0.140. The largest absolute Gasteiger partial charge is 0.142 e. The van der Waals surface area contributed by atoms with Crippen LogP contribution in [-0.2, 0) is 6.42 Å². The van der Waals surface area contributed by atoms with Gasteiger partial charge in [-0.2, -0.15) is 0 Å². The van der Waals surface area contributed by atoms with E-state index < -0.39 is 0 Å². The molecule has 1 rings (SSSR count). The third-order valence-corrected chi connectivity index (χ3v) is 2.67. The molecule has 0 saturated heterocycles. The van der Waals surface area contributed by atoms with Crippen LogP contribution in [0.5, 0.6) is 0 Å². The van der Waals surface area contributed by atoms with Gasteiger partial charge in [0.2, 0.25) is 0 Å². The lowest BCUT2D eigenvalue weighted by Crippen LogP contribution is -1.84. The third-order valence-electron chi connectivity index (χ3n) is 1.83. The lowest BCUT2D eigenvalue weighted by Gasteiger charge is -2.01. The lowest BCUT2D eigenvalue weighted by atomic mass is 10.1. The first-order valence-electron chi connectivity index (χ1n) is 4.21. The summed E-state index contributed by atoms with van der Waals surface area (Å²) >= 11 is 10.1. The number of hydrogen-bond donors (Lipinski definition) is 1.